The molecule has 33 heavy (non-hydrogen) atoms. The molecule has 0 fully saturated rings. The fourth-order valence-corrected chi connectivity index (χ4v) is 2.65. The van der Waals surface area contributed by atoms with Gasteiger partial charge in [0.15, 0.2) is 23.0 Å². The van der Waals surface area contributed by atoms with Crippen molar-refractivity contribution in [1.29, 1.82) is 0 Å². The van der Waals surface area contributed by atoms with Crippen LogP contribution < -0.4 is 18.9 Å². The number of carbonyl (C=O) groups excluding carboxylic acids is 2. The number of methoxy groups -OCH3 is 4. The van der Waals surface area contributed by atoms with Gasteiger partial charge < -0.3 is 28.4 Å². The van der Waals surface area contributed by atoms with Crippen molar-refractivity contribution >= 4 is 23.3 Å². The summed E-state index contributed by atoms with van der Waals surface area (Å²) in [6.07, 6.45) is 0. The summed E-state index contributed by atoms with van der Waals surface area (Å²) in [5, 5.41) is 22.7. The van der Waals surface area contributed by atoms with E-state index in [0.717, 1.165) is 38.5 Å². The molecule has 0 spiro atoms. The summed E-state index contributed by atoms with van der Waals surface area (Å²) < 4.78 is 30.0. The van der Waals surface area contributed by atoms with Crippen LogP contribution in [0, 0.1) is 20.2 Å². The number of nitro groups is 2. The van der Waals surface area contributed by atoms with Gasteiger partial charge >= 0.3 is 11.9 Å². The van der Waals surface area contributed by atoms with Crippen LogP contribution in [0.25, 0.3) is 0 Å². The summed E-state index contributed by atoms with van der Waals surface area (Å²) in [5.41, 5.74) is -1.92. The number of nitro benzene ring substituents is 2. The molecule has 0 heterocycles. The third kappa shape index (κ3) is 5.36. The lowest BCUT2D eigenvalue weighted by Gasteiger charge is -2.15. The van der Waals surface area contributed by atoms with Gasteiger partial charge in [-0.3, -0.25) is 20.2 Å². The molecule has 0 amide bonds. The summed E-state index contributed by atoms with van der Waals surface area (Å²) in [5.74, 6) is -2.30. The van der Waals surface area contributed by atoms with Crippen LogP contribution in [0.1, 0.15) is 20.7 Å². The van der Waals surface area contributed by atoms with E-state index in [1.54, 1.807) is 0 Å². The highest BCUT2D eigenvalue weighted by Gasteiger charge is 2.27. The normalized spacial score (nSPS) is 10.1. The van der Waals surface area contributed by atoms with Gasteiger partial charge in [-0.05, 0) is 0 Å². The Morgan fingerprint density at radius 1 is 0.697 bits per heavy atom. The number of benzene rings is 2. The van der Waals surface area contributed by atoms with E-state index in [0.29, 0.717) is 0 Å². The number of carbonyl (C=O) groups is 2. The Hall–Kier alpha value is -4.62. The molecule has 0 aliphatic rings. The van der Waals surface area contributed by atoms with Crippen LogP contribution in [0.15, 0.2) is 24.3 Å². The number of esters is 2. The lowest BCUT2D eigenvalue weighted by Crippen LogP contribution is -2.11. The Kier molecular flexibility index (Phi) is 7.92. The Balaban J connectivity index is 2.36. The molecule has 2 rings (SSSR count). The van der Waals surface area contributed by atoms with E-state index in [-0.39, 0.29) is 34.1 Å². The molecule has 0 aromatic heterocycles. The molecule has 176 valence electrons. The van der Waals surface area contributed by atoms with E-state index in [9.17, 15) is 29.8 Å². The summed E-state index contributed by atoms with van der Waals surface area (Å²) in [7, 11) is 4.62. The minimum absolute atomic E-state index is 0.0383. The molecule has 14 nitrogen and oxygen atoms in total. The molecule has 2 aromatic rings. The number of hydrogen-bond donors (Lipinski definition) is 0. The molecule has 0 unspecified atom stereocenters. The van der Waals surface area contributed by atoms with Crippen LogP contribution in [0.4, 0.5) is 11.4 Å². The zero-order valence-corrected chi connectivity index (χ0v) is 17.8. The first-order chi connectivity index (χ1) is 15.7. The van der Waals surface area contributed by atoms with Crippen LogP contribution in [-0.2, 0) is 9.47 Å². The van der Waals surface area contributed by atoms with Gasteiger partial charge in [-0.15, -0.1) is 0 Å². The van der Waals surface area contributed by atoms with E-state index in [4.69, 9.17) is 18.9 Å². The predicted molar refractivity (Wildman–Crippen MR) is 108 cm³/mol. The molecule has 0 aliphatic carbocycles. The van der Waals surface area contributed by atoms with Crippen molar-refractivity contribution in [2.45, 2.75) is 0 Å². The predicted octanol–water partition coefficient (Wildman–Crippen LogP) is 2.51. The maximum atomic E-state index is 11.8. The van der Waals surface area contributed by atoms with Gasteiger partial charge in [0.25, 0.3) is 11.4 Å². The first-order valence-corrected chi connectivity index (χ1v) is 8.83. The summed E-state index contributed by atoms with van der Waals surface area (Å²) in [6, 6.07) is 4.01. The zero-order valence-electron chi connectivity index (χ0n) is 17.8. The second-order valence-corrected chi connectivity index (χ2v) is 5.94. The second kappa shape index (κ2) is 10.6. The largest absolute Gasteiger partial charge is 0.493 e. The fraction of sp³-hybridized carbons (Fsp3) is 0.263. The average Bonchev–Trinajstić information content (AvgIpc) is 2.81. The number of rotatable bonds is 10. The van der Waals surface area contributed by atoms with Gasteiger partial charge in [-0.25, -0.2) is 9.59 Å². The average molecular weight is 466 g/mol. The highest BCUT2D eigenvalue weighted by molar-refractivity contribution is 5.95. The third-order valence-corrected chi connectivity index (χ3v) is 4.20. The van der Waals surface area contributed by atoms with Crippen molar-refractivity contribution in [3.05, 3.63) is 55.6 Å². The van der Waals surface area contributed by atoms with E-state index in [1.165, 1.54) is 14.2 Å². The standard InChI is InChI=1S/C19H18N2O12/c1-28-14-5-10(18(22)30-3)12(20(24)25)7-16(14)32-9-33-17-8-13(21(26)27)11(19(23)31-4)6-15(17)29-2/h5-8H,9H2,1-4H3. The summed E-state index contributed by atoms with van der Waals surface area (Å²) in [4.78, 5) is 44.7. The van der Waals surface area contributed by atoms with Gasteiger partial charge in [0.05, 0.1) is 50.4 Å². The lowest BCUT2D eigenvalue weighted by atomic mass is 10.1. The van der Waals surface area contributed by atoms with Crippen LogP contribution in [-0.4, -0.2) is 57.0 Å². The van der Waals surface area contributed by atoms with Gasteiger partial charge in [0.1, 0.15) is 11.1 Å². The van der Waals surface area contributed by atoms with Crippen molar-refractivity contribution in [3.8, 4) is 23.0 Å². The molecular formula is C19H18N2O12. The summed E-state index contributed by atoms with van der Waals surface area (Å²) in [6.45, 7) is -0.601. The molecule has 0 bridgehead atoms. The quantitative estimate of drug-likeness (QED) is 0.217. The van der Waals surface area contributed by atoms with Crippen LogP contribution in [0.2, 0.25) is 0 Å². The molecule has 2 aromatic carbocycles. The van der Waals surface area contributed by atoms with E-state index >= 15 is 0 Å². The minimum Gasteiger partial charge on any atom is -0.493 e. The molecule has 14 heteroatoms. The Morgan fingerprint density at radius 2 is 1.06 bits per heavy atom. The van der Waals surface area contributed by atoms with E-state index in [1.807, 2.05) is 0 Å². The van der Waals surface area contributed by atoms with Gasteiger partial charge in [-0.2, -0.15) is 0 Å². The molecule has 0 atom stereocenters. The second-order valence-electron chi connectivity index (χ2n) is 5.94. The first-order valence-electron chi connectivity index (χ1n) is 8.83. The fourth-order valence-electron chi connectivity index (χ4n) is 2.65. The van der Waals surface area contributed by atoms with Gasteiger partial charge in [0.2, 0.25) is 6.79 Å². The topological polar surface area (TPSA) is 176 Å². The van der Waals surface area contributed by atoms with E-state index < -0.39 is 40.0 Å². The maximum absolute atomic E-state index is 11.8. The highest BCUT2D eigenvalue weighted by Crippen LogP contribution is 2.37. The zero-order chi connectivity index (χ0) is 24.7. The molecule has 0 N–H and O–H groups in total. The van der Waals surface area contributed by atoms with Crippen molar-refractivity contribution in [2.75, 3.05) is 35.2 Å². The monoisotopic (exact) mass is 466 g/mol. The maximum Gasteiger partial charge on any atom is 0.345 e. The van der Waals surface area contributed by atoms with Gasteiger partial charge in [-0.1, -0.05) is 0 Å². The highest BCUT2D eigenvalue weighted by atomic mass is 16.7. The van der Waals surface area contributed by atoms with Crippen molar-refractivity contribution in [2.24, 2.45) is 0 Å². The Labute approximate surface area is 185 Å². The molecular weight excluding hydrogens is 448 g/mol. The third-order valence-electron chi connectivity index (χ3n) is 4.20. The lowest BCUT2D eigenvalue weighted by molar-refractivity contribution is -0.385. The Morgan fingerprint density at radius 3 is 1.33 bits per heavy atom. The number of ether oxygens (including phenoxy) is 6. The number of hydrogen-bond acceptors (Lipinski definition) is 12. The van der Waals surface area contributed by atoms with E-state index in [2.05, 4.69) is 9.47 Å². The van der Waals surface area contributed by atoms with Crippen LogP contribution in [0.5, 0.6) is 23.0 Å². The van der Waals surface area contributed by atoms with Crippen LogP contribution >= 0.6 is 0 Å². The summed E-state index contributed by atoms with van der Waals surface area (Å²) >= 11 is 0. The molecule has 0 saturated carbocycles. The molecule has 0 aliphatic heterocycles. The Bertz CT molecular complexity index is 1010. The van der Waals surface area contributed by atoms with Crippen molar-refractivity contribution in [3.63, 3.8) is 0 Å². The number of nitrogens with zero attached hydrogens (tertiary/aromatic N) is 2. The van der Waals surface area contributed by atoms with Crippen molar-refractivity contribution < 1.29 is 47.9 Å². The van der Waals surface area contributed by atoms with Crippen molar-refractivity contribution in [1.82, 2.24) is 0 Å². The van der Waals surface area contributed by atoms with Crippen LogP contribution in [0.3, 0.4) is 0 Å². The minimum atomic E-state index is -0.953. The SMILES string of the molecule is COC(=O)c1cc(OC)c(OCOc2cc([N+](=O)[O-])c(C(=O)OC)cc2OC)cc1[N+](=O)[O-]. The van der Waals surface area contributed by atoms with Gasteiger partial charge in [0, 0.05) is 12.1 Å². The smallest absolute Gasteiger partial charge is 0.345 e. The molecule has 0 saturated heterocycles. The first kappa shape index (κ1) is 24.6. The molecule has 0 radical (unpaired) electrons.